The van der Waals surface area contributed by atoms with E-state index in [0.29, 0.717) is 5.92 Å². The molecule has 0 unspecified atom stereocenters. The van der Waals surface area contributed by atoms with Crippen LogP contribution < -0.4 is 0 Å². The highest BCUT2D eigenvalue weighted by Crippen LogP contribution is 2.21. The first-order valence-corrected chi connectivity index (χ1v) is 11.2. The lowest BCUT2D eigenvalue weighted by molar-refractivity contribution is 0.0159. The number of halogens is 1. The standard InChI is InChI=1S/C22H34BrN3O2/c1-22(2,3)28-21(27)26-10-8-19(9-11-26)17-25-14-12-24(13-15-25)16-18-4-6-20(23)7-5-18/h4-7,19H,8-17H2,1-3H3. The van der Waals surface area contributed by atoms with E-state index in [1.165, 1.54) is 5.56 Å². The predicted molar refractivity (Wildman–Crippen MR) is 116 cm³/mol. The zero-order valence-electron chi connectivity index (χ0n) is 17.5. The van der Waals surface area contributed by atoms with Crippen LogP contribution in [0.5, 0.6) is 0 Å². The number of piperidine rings is 1. The molecular weight excluding hydrogens is 418 g/mol. The Morgan fingerprint density at radius 3 is 2.14 bits per heavy atom. The first-order chi connectivity index (χ1) is 13.3. The number of likely N-dealkylation sites (tertiary alicyclic amines) is 1. The Morgan fingerprint density at radius 2 is 1.57 bits per heavy atom. The molecule has 0 atom stereocenters. The molecule has 156 valence electrons. The smallest absolute Gasteiger partial charge is 0.410 e. The second kappa shape index (κ2) is 9.59. The fourth-order valence-corrected chi connectivity index (χ4v) is 4.23. The summed E-state index contributed by atoms with van der Waals surface area (Å²) in [5, 5.41) is 0. The summed E-state index contributed by atoms with van der Waals surface area (Å²) >= 11 is 3.50. The van der Waals surface area contributed by atoms with Gasteiger partial charge >= 0.3 is 6.09 Å². The Balaban J connectivity index is 1.35. The number of rotatable bonds is 4. The topological polar surface area (TPSA) is 36.0 Å². The highest BCUT2D eigenvalue weighted by Gasteiger charge is 2.28. The Kier molecular flexibility index (Phi) is 7.40. The normalized spacial score (nSPS) is 20.4. The van der Waals surface area contributed by atoms with Crippen molar-refractivity contribution in [1.29, 1.82) is 0 Å². The number of benzene rings is 1. The zero-order chi connectivity index (χ0) is 20.1. The van der Waals surface area contributed by atoms with Crippen molar-refractivity contribution in [3.8, 4) is 0 Å². The van der Waals surface area contributed by atoms with E-state index >= 15 is 0 Å². The van der Waals surface area contributed by atoms with Gasteiger partial charge < -0.3 is 14.5 Å². The minimum Gasteiger partial charge on any atom is -0.444 e. The molecule has 5 nitrogen and oxygen atoms in total. The van der Waals surface area contributed by atoms with Crippen molar-refractivity contribution in [3.63, 3.8) is 0 Å². The molecule has 0 N–H and O–H groups in total. The fraction of sp³-hybridized carbons (Fsp3) is 0.682. The van der Waals surface area contributed by atoms with Crippen LogP contribution in [0.2, 0.25) is 0 Å². The lowest BCUT2D eigenvalue weighted by atomic mass is 9.96. The molecule has 2 fully saturated rings. The van der Waals surface area contributed by atoms with Crippen molar-refractivity contribution in [3.05, 3.63) is 34.3 Å². The van der Waals surface area contributed by atoms with Gasteiger partial charge in [0.15, 0.2) is 0 Å². The SMILES string of the molecule is CC(C)(C)OC(=O)N1CCC(CN2CCN(Cc3ccc(Br)cc3)CC2)CC1. The van der Waals surface area contributed by atoms with Crippen LogP contribution in [0.4, 0.5) is 4.79 Å². The van der Waals surface area contributed by atoms with Crippen LogP contribution in [0, 0.1) is 5.92 Å². The number of carbonyl (C=O) groups is 1. The fourth-order valence-electron chi connectivity index (χ4n) is 3.97. The maximum Gasteiger partial charge on any atom is 0.410 e. The summed E-state index contributed by atoms with van der Waals surface area (Å²) in [4.78, 5) is 19.2. The Bertz CT molecular complexity index is 628. The second-order valence-electron chi connectivity index (χ2n) is 9.11. The van der Waals surface area contributed by atoms with E-state index in [0.717, 1.165) is 69.7 Å². The van der Waals surface area contributed by atoms with Crippen LogP contribution in [0.1, 0.15) is 39.2 Å². The molecule has 1 amide bonds. The van der Waals surface area contributed by atoms with Crippen molar-refractivity contribution in [2.45, 2.75) is 45.8 Å². The van der Waals surface area contributed by atoms with Gasteiger partial charge in [-0.1, -0.05) is 28.1 Å². The van der Waals surface area contributed by atoms with Gasteiger partial charge in [-0.2, -0.15) is 0 Å². The molecule has 0 saturated carbocycles. The number of carbonyl (C=O) groups excluding carboxylic acids is 1. The minimum absolute atomic E-state index is 0.160. The number of hydrogen-bond acceptors (Lipinski definition) is 4. The summed E-state index contributed by atoms with van der Waals surface area (Å²) in [5.74, 6) is 0.691. The average Bonchev–Trinajstić information content (AvgIpc) is 2.64. The Morgan fingerprint density at radius 1 is 1.00 bits per heavy atom. The predicted octanol–water partition coefficient (Wildman–Crippen LogP) is 4.21. The number of hydrogen-bond donors (Lipinski definition) is 0. The number of ether oxygens (including phenoxy) is 1. The molecule has 0 radical (unpaired) electrons. The Hall–Kier alpha value is -1.11. The summed E-state index contributed by atoms with van der Waals surface area (Å²) in [5.41, 5.74) is 0.968. The van der Waals surface area contributed by atoms with E-state index in [-0.39, 0.29) is 6.09 Å². The van der Waals surface area contributed by atoms with Crippen molar-refractivity contribution in [2.24, 2.45) is 5.92 Å². The molecule has 2 aliphatic heterocycles. The van der Waals surface area contributed by atoms with Gasteiger partial charge in [0.1, 0.15) is 5.60 Å². The quantitative estimate of drug-likeness (QED) is 0.686. The third kappa shape index (κ3) is 6.75. The summed E-state index contributed by atoms with van der Waals surface area (Å²) in [6.45, 7) is 14.2. The molecule has 2 aliphatic rings. The van der Waals surface area contributed by atoms with Gasteiger partial charge in [0, 0.05) is 56.8 Å². The lowest BCUT2D eigenvalue weighted by Gasteiger charge is -2.39. The van der Waals surface area contributed by atoms with Crippen molar-refractivity contribution >= 4 is 22.0 Å². The second-order valence-corrected chi connectivity index (χ2v) is 10.0. The van der Waals surface area contributed by atoms with Crippen molar-refractivity contribution in [1.82, 2.24) is 14.7 Å². The van der Waals surface area contributed by atoms with Crippen molar-refractivity contribution < 1.29 is 9.53 Å². The lowest BCUT2D eigenvalue weighted by Crippen LogP contribution is -2.49. The third-order valence-electron chi connectivity index (χ3n) is 5.57. The van der Waals surface area contributed by atoms with E-state index in [9.17, 15) is 4.79 Å². The molecule has 0 aromatic heterocycles. The number of amides is 1. The monoisotopic (exact) mass is 451 g/mol. The first-order valence-electron chi connectivity index (χ1n) is 10.5. The van der Waals surface area contributed by atoms with Gasteiger partial charge in [0.05, 0.1) is 0 Å². The summed E-state index contributed by atoms with van der Waals surface area (Å²) in [6, 6.07) is 8.65. The van der Waals surface area contributed by atoms with Gasteiger partial charge in [0.2, 0.25) is 0 Å². The van der Waals surface area contributed by atoms with Crippen LogP contribution >= 0.6 is 15.9 Å². The molecule has 0 bridgehead atoms. The molecule has 6 heteroatoms. The maximum atomic E-state index is 12.2. The largest absolute Gasteiger partial charge is 0.444 e. The summed E-state index contributed by atoms with van der Waals surface area (Å²) in [7, 11) is 0. The molecule has 2 saturated heterocycles. The molecular formula is C22H34BrN3O2. The highest BCUT2D eigenvalue weighted by atomic mass is 79.9. The molecule has 3 rings (SSSR count). The van der Waals surface area contributed by atoms with Crippen LogP contribution in [-0.4, -0.2) is 72.2 Å². The summed E-state index contributed by atoms with van der Waals surface area (Å²) < 4.78 is 6.64. The molecule has 2 heterocycles. The van der Waals surface area contributed by atoms with E-state index in [1.807, 2.05) is 25.7 Å². The van der Waals surface area contributed by atoms with E-state index in [1.54, 1.807) is 0 Å². The Labute approximate surface area is 178 Å². The molecule has 1 aromatic carbocycles. The first kappa shape index (κ1) is 21.6. The average molecular weight is 452 g/mol. The maximum absolute atomic E-state index is 12.2. The van der Waals surface area contributed by atoms with Crippen LogP contribution in [0.3, 0.4) is 0 Å². The van der Waals surface area contributed by atoms with Crippen LogP contribution in [0.25, 0.3) is 0 Å². The highest BCUT2D eigenvalue weighted by molar-refractivity contribution is 9.10. The summed E-state index contributed by atoms with van der Waals surface area (Å²) in [6.07, 6.45) is 2.00. The number of nitrogens with zero attached hydrogens (tertiary/aromatic N) is 3. The third-order valence-corrected chi connectivity index (χ3v) is 6.10. The molecule has 28 heavy (non-hydrogen) atoms. The van der Waals surface area contributed by atoms with Gasteiger partial charge in [-0.25, -0.2) is 4.79 Å². The molecule has 0 spiro atoms. The van der Waals surface area contributed by atoms with Crippen molar-refractivity contribution in [2.75, 3.05) is 45.8 Å². The van der Waals surface area contributed by atoms with Gasteiger partial charge in [-0.05, 0) is 57.2 Å². The van der Waals surface area contributed by atoms with E-state index < -0.39 is 5.60 Å². The van der Waals surface area contributed by atoms with Gasteiger partial charge in [-0.15, -0.1) is 0 Å². The zero-order valence-corrected chi connectivity index (χ0v) is 19.1. The van der Waals surface area contributed by atoms with E-state index in [4.69, 9.17) is 4.74 Å². The van der Waals surface area contributed by atoms with Crippen LogP contribution in [-0.2, 0) is 11.3 Å². The van der Waals surface area contributed by atoms with Crippen LogP contribution in [0.15, 0.2) is 28.7 Å². The minimum atomic E-state index is -0.413. The van der Waals surface area contributed by atoms with Gasteiger partial charge in [-0.3, -0.25) is 4.90 Å². The van der Waals surface area contributed by atoms with Gasteiger partial charge in [0.25, 0.3) is 0 Å². The molecule has 0 aliphatic carbocycles. The number of piperazine rings is 1. The van der Waals surface area contributed by atoms with E-state index in [2.05, 4.69) is 50.0 Å². The molecule has 1 aromatic rings.